The van der Waals surface area contributed by atoms with Crippen molar-refractivity contribution in [1.29, 1.82) is 0 Å². The van der Waals surface area contributed by atoms with Gasteiger partial charge < -0.3 is 10.5 Å². The van der Waals surface area contributed by atoms with E-state index in [-0.39, 0.29) is 35.5 Å². The van der Waals surface area contributed by atoms with Crippen LogP contribution in [0.5, 0.6) is 0 Å². The normalized spacial score (nSPS) is 11.6. The SMILES string of the molecule is CCOC(=O)C[C@H](N)c1c(F)ccc(Br)c1F.Cl. The number of rotatable bonds is 4. The summed E-state index contributed by atoms with van der Waals surface area (Å²) < 4.78 is 31.8. The Morgan fingerprint density at radius 3 is 2.67 bits per heavy atom. The number of hydrogen-bond donors (Lipinski definition) is 1. The molecule has 1 aromatic rings. The van der Waals surface area contributed by atoms with Gasteiger partial charge in [0, 0.05) is 11.6 Å². The van der Waals surface area contributed by atoms with Gasteiger partial charge >= 0.3 is 5.97 Å². The van der Waals surface area contributed by atoms with E-state index in [1.807, 2.05) is 0 Å². The molecule has 0 aliphatic carbocycles. The van der Waals surface area contributed by atoms with Crippen molar-refractivity contribution < 1.29 is 18.3 Å². The molecule has 0 heterocycles. The highest BCUT2D eigenvalue weighted by Gasteiger charge is 2.21. The third kappa shape index (κ3) is 4.19. The molecule has 1 atom stereocenters. The molecule has 0 unspecified atom stereocenters. The van der Waals surface area contributed by atoms with Gasteiger partial charge in [0.15, 0.2) is 0 Å². The molecular formula is C11H13BrClF2NO2. The average molecular weight is 345 g/mol. The van der Waals surface area contributed by atoms with E-state index in [4.69, 9.17) is 5.73 Å². The lowest BCUT2D eigenvalue weighted by molar-refractivity contribution is -0.143. The van der Waals surface area contributed by atoms with Gasteiger partial charge in [-0.25, -0.2) is 8.78 Å². The van der Waals surface area contributed by atoms with Gasteiger partial charge in [-0.05, 0) is 35.0 Å². The number of nitrogens with two attached hydrogens (primary N) is 1. The lowest BCUT2D eigenvalue weighted by atomic mass is 10.0. The van der Waals surface area contributed by atoms with Crippen molar-refractivity contribution >= 4 is 34.3 Å². The van der Waals surface area contributed by atoms with Gasteiger partial charge in [-0.15, -0.1) is 12.4 Å². The molecule has 0 spiro atoms. The molecule has 0 amide bonds. The third-order valence-electron chi connectivity index (χ3n) is 2.14. The fraction of sp³-hybridized carbons (Fsp3) is 0.364. The summed E-state index contributed by atoms with van der Waals surface area (Å²) in [6, 6.07) is 1.27. The number of carbonyl (C=O) groups is 1. The van der Waals surface area contributed by atoms with Crippen LogP contribution in [-0.4, -0.2) is 12.6 Å². The topological polar surface area (TPSA) is 52.3 Å². The first kappa shape index (κ1) is 17.3. The Labute approximate surface area is 118 Å². The minimum absolute atomic E-state index is 0. The molecule has 7 heteroatoms. The van der Waals surface area contributed by atoms with E-state index in [9.17, 15) is 13.6 Å². The van der Waals surface area contributed by atoms with Crippen LogP contribution in [0.1, 0.15) is 24.9 Å². The summed E-state index contributed by atoms with van der Waals surface area (Å²) >= 11 is 2.93. The predicted octanol–water partition coefficient (Wildman–Crippen LogP) is 3.10. The standard InChI is InChI=1S/C11H12BrF2NO2.ClH/c1-2-17-9(16)5-8(15)10-7(13)4-3-6(12)11(10)14;/h3-4,8H,2,5,15H2,1H3;1H/t8-;/m0./s1. The highest BCUT2D eigenvalue weighted by atomic mass is 79.9. The summed E-state index contributed by atoms with van der Waals surface area (Å²) in [5, 5.41) is 0. The molecule has 3 nitrogen and oxygen atoms in total. The molecule has 0 aliphatic rings. The minimum atomic E-state index is -1.06. The fourth-order valence-corrected chi connectivity index (χ4v) is 1.73. The Morgan fingerprint density at radius 1 is 1.50 bits per heavy atom. The highest BCUT2D eigenvalue weighted by molar-refractivity contribution is 9.10. The number of hydrogen-bond acceptors (Lipinski definition) is 3. The first-order valence-electron chi connectivity index (χ1n) is 5.02. The fourth-order valence-electron chi connectivity index (χ4n) is 1.38. The summed E-state index contributed by atoms with van der Waals surface area (Å²) in [4.78, 5) is 11.2. The molecular weight excluding hydrogens is 331 g/mol. The molecule has 0 saturated heterocycles. The Morgan fingerprint density at radius 2 is 2.11 bits per heavy atom. The van der Waals surface area contributed by atoms with E-state index >= 15 is 0 Å². The highest BCUT2D eigenvalue weighted by Crippen LogP contribution is 2.27. The summed E-state index contributed by atoms with van der Waals surface area (Å²) in [5.41, 5.74) is 5.28. The van der Waals surface area contributed by atoms with Gasteiger partial charge in [0.25, 0.3) is 0 Å². The van der Waals surface area contributed by atoms with Crippen LogP contribution in [0, 0.1) is 11.6 Å². The quantitative estimate of drug-likeness (QED) is 0.674. The van der Waals surface area contributed by atoms with Crippen LogP contribution in [0.25, 0.3) is 0 Å². The average Bonchev–Trinajstić information content (AvgIpc) is 2.24. The van der Waals surface area contributed by atoms with Gasteiger partial charge in [-0.2, -0.15) is 0 Å². The van der Waals surface area contributed by atoms with Crippen LogP contribution in [0.3, 0.4) is 0 Å². The van der Waals surface area contributed by atoms with Crippen molar-refractivity contribution in [3.8, 4) is 0 Å². The number of benzene rings is 1. The molecule has 102 valence electrons. The molecule has 2 N–H and O–H groups in total. The van der Waals surface area contributed by atoms with Gasteiger partial charge in [0.05, 0.1) is 17.5 Å². The second-order valence-electron chi connectivity index (χ2n) is 3.37. The van der Waals surface area contributed by atoms with Crippen LogP contribution in [0.4, 0.5) is 8.78 Å². The van der Waals surface area contributed by atoms with E-state index < -0.39 is 23.6 Å². The Bertz CT molecular complexity index is 432. The van der Waals surface area contributed by atoms with Crippen molar-refractivity contribution in [2.24, 2.45) is 5.73 Å². The molecule has 1 aromatic carbocycles. The first-order chi connectivity index (χ1) is 7.97. The second kappa shape index (κ2) is 7.66. The maximum atomic E-state index is 13.6. The summed E-state index contributed by atoms with van der Waals surface area (Å²) in [5.74, 6) is -2.15. The zero-order valence-corrected chi connectivity index (χ0v) is 12.0. The smallest absolute Gasteiger partial charge is 0.307 e. The van der Waals surface area contributed by atoms with E-state index in [0.717, 1.165) is 6.07 Å². The minimum Gasteiger partial charge on any atom is -0.466 e. The number of esters is 1. The number of ether oxygens (including phenoxy) is 1. The lowest BCUT2D eigenvalue weighted by Crippen LogP contribution is -2.20. The van der Waals surface area contributed by atoms with Crippen LogP contribution in [0.15, 0.2) is 16.6 Å². The summed E-state index contributed by atoms with van der Waals surface area (Å²) in [7, 11) is 0. The van der Waals surface area contributed by atoms with Crippen LogP contribution >= 0.6 is 28.3 Å². The van der Waals surface area contributed by atoms with Crippen molar-refractivity contribution in [1.82, 2.24) is 0 Å². The van der Waals surface area contributed by atoms with Gasteiger partial charge in [0.2, 0.25) is 0 Å². The van der Waals surface area contributed by atoms with E-state index in [0.29, 0.717) is 0 Å². The number of carbonyl (C=O) groups excluding carboxylic acids is 1. The Kier molecular flexibility index (Phi) is 7.35. The van der Waals surface area contributed by atoms with Crippen LogP contribution in [-0.2, 0) is 9.53 Å². The third-order valence-corrected chi connectivity index (χ3v) is 2.75. The van der Waals surface area contributed by atoms with Crippen molar-refractivity contribution in [2.45, 2.75) is 19.4 Å². The zero-order valence-electron chi connectivity index (χ0n) is 9.58. The Hall–Kier alpha value is -0.720. The first-order valence-corrected chi connectivity index (χ1v) is 5.81. The van der Waals surface area contributed by atoms with Crippen molar-refractivity contribution in [3.05, 3.63) is 33.8 Å². The maximum Gasteiger partial charge on any atom is 0.307 e. The van der Waals surface area contributed by atoms with Crippen molar-refractivity contribution in [2.75, 3.05) is 6.61 Å². The largest absolute Gasteiger partial charge is 0.466 e. The molecule has 0 aliphatic heterocycles. The molecule has 18 heavy (non-hydrogen) atoms. The molecule has 0 bridgehead atoms. The van der Waals surface area contributed by atoms with Gasteiger partial charge in [-0.3, -0.25) is 4.79 Å². The van der Waals surface area contributed by atoms with Gasteiger partial charge in [-0.1, -0.05) is 0 Å². The monoisotopic (exact) mass is 343 g/mol. The second-order valence-corrected chi connectivity index (χ2v) is 4.23. The van der Waals surface area contributed by atoms with E-state index in [1.165, 1.54) is 6.07 Å². The van der Waals surface area contributed by atoms with E-state index in [2.05, 4.69) is 20.7 Å². The molecule has 0 aromatic heterocycles. The molecule has 0 radical (unpaired) electrons. The Balaban J connectivity index is 0.00000289. The summed E-state index contributed by atoms with van der Waals surface area (Å²) in [6.07, 6.45) is -0.266. The van der Waals surface area contributed by atoms with Crippen molar-refractivity contribution in [3.63, 3.8) is 0 Å². The van der Waals surface area contributed by atoms with Gasteiger partial charge in [0.1, 0.15) is 11.6 Å². The molecule has 0 fully saturated rings. The molecule has 0 saturated carbocycles. The predicted molar refractivity (Wildman–Crippen MR) is 69.5 cm³/mol. The lowest BCUT2D eigenvalue weighted by Gasteiger charge is -2.13. The van der Waals surface area contributed by atoms with E-state index in [1.54, 1.807) is 6.92 Å². The number of halogens is 4. The summed E-state index contributed by atoms with van der Waals surface area (Å²) in [6.45, 7) is 1.85. The van der Waals surface area contributed by atoms with Crippen LogP contribution < -0.4 is 5.73 Å². The van der Waals surface area contributed by atoms with Crippen LogP contribution in [0.2, 0.25) is 0 Å². The maximum absolute atomic E-state index is 13.6. The zero-order chi connectivity index (χ0) is 13.0. The molecule has 1 rings (SSSR count).